The molecular weight excluding hydrogens is 364 g/mol. The molecule has 0 aromatic heterocycles. The Kier molecular flexibility index (Phi) is 9.98. The monoisotopic (exact) mass is 402 g/mol. The van der Waals surface area contributed by atoms with E-state index in [1.54, 1.807) is 7.05 Å². The molecule has 6 heteroatoms. The van der Waals surface area contributed by atoms with Crippen molar-refractivity contribution in [2.24, 2.45) is 10.9 Å². The van der Waals surface area contributed by atoms with Crippen LogP contribution in [0.5, 0.6) is 0 Å². The van der Waals surface area contributed by atoms with E-state index in [9.17, 15) is 4.79 Å². The predicted octanol–water partition coefficient (Wildman–Crippen LogP) is 3.43. The van der Waals surface area contributed by atoms with E-state index < -0.39 is 0 Å². The van der Waals surface area contributed by atoms with Crippen molar-refractivity contribution in [2.75, 3.05) is 33.3 Å². The Labute approximate surface area is 176 Å². The lowest BCUT2D eigenvalue weighted by Gasteiger charge is -2.26. The van der Waals surface area contributed by atoms with Crippen molar-refractivity contribution >= 4 is 11.9 Å². The first kappa shape index (κ1) is 23.2. The van der Waals surface area contributed by atoms with Crippen LogP contribution < -0.4 is 10.6 Å². The van der Waals surface area contributed by atoms with Crippen LogP contribution >= 0.6 is 0 Å². The van der Waals surface area contributed by atoms with Crippen molar-refractivity contribution in [3.8, 4) is 0 Å². The molecule has 1 unspecified atom stereocenters. The largest absolute Gasteiger partial charge is 0.378 e. The second kappa shape index (κ2) is 12.5. The molecule has 162 valence electrons. The van der Waals surface area contributed by atoms with E-state index in [0.717, 1.165) is 62.6 Å². The fourth-order valence-corrected chi connectivity index (χ4v) is 3.61. The van der Waals surface area contributed by atoms with Crippen LogP contribution in [0.3, 0.4) is 0 Å². The van der Waals surface area contributed by atoms with Gasteiger partial charge in [0.15, 0.2) is 5.96 Å². The molecule has 1 aromatic rings. The van der Waals surface area contributed by atoms with Gasteiger partial charge in [-0.2, -0.15) is 0 Å². The van der Waals surface area contributed by atoms with Gasteiger partial charge in [-0.3, -0.25) is 9.79 Å². The molecule has 0 bridgehead atoms. The Hall–Kier alpha value is -2.08. The number of carbonyl (C=O) groups excluding carboxylic acids is 1. The minimum absolute atomic E-state index is 0.149. The van der Waals surface area contributed by atoms with Gasteiger partial charge in [-0.25, -0.2) is 0 Å². The second-order valence-corrected chi connectivity index (χ2v) is 7.93. The molecule has 1 aliphatic heterocycles. The molecule has 0 radical (unpaired) electrons. The summed E-state index contributed by atoms with van der Waals surface area (Å²) in [5.74, 6) is 1.42. The van der Waals surface area contributed by atoms with Crippen LogP contribution in [0.1, 0.15) is 62.4 Å². The second-order valence-electron chi connectivity index (χ2n) is 7.93. The summed E-state index contributed by atoms with van der Waals surface area (Å²) in [6.07, 6.45) is 4.66. The summed E-state index contributed by atoms with van der Waals surface area (Å²) in [6.45, 7) is 10.4. The van der Waals surface area contributed by atoms with Gasteiger partial charge in [0.2, 0.25) is 0 Å². The summed E-state index contributed by atoms with van der Waals surface area (Å²) in [6, 6.07) is 7.89. The van der Waals surface area contributed by atoms with E-state index >= 15 is 0 Å². The smallest absolute Gasteiger partial charge is 0.253 e. The molecule has 1 aliphatic rings. The highest BCUT2D eigenvalue weighted by molar-refractivity contribution is 5.94. The van der Waals surface area contributed by atoms with Gasteiger partial charge in [0, 0.05) is 45.4 Å². The lowest BCUT2D eigenvalue weighted by atomic mass is 10.0. The highest BCUT2D eigenvalue weighted by Gasteiger charge is 2.18. The number of hydrogen-bond donors (Lipinski definition) is 2. The molecule has 0 spiro atoms. The lowest BCUT2D eigenvalue weighted by molar-refractivity contribution is 0.0258. The van der Waals surface area contributed by atoms with Gasteiger partial charge in [0.05, 0.1) is 6.10 Å². The zero-order valence-corrected chi connectivity index (χ0v) is 18.5. The number of rotatable bonds is 9. The van der Waals surface area contributed by atoms with Crippen LogP contribution in [0.15, 0.2) is 29.3 Å². The molecule has 2 N–H and O–H groups in total. The third-order valence-electron chi connectivity index (χ3n) is 5.37. The molecule has 1 atom stereocenters. The summed E-state index contributed by atoms with van der Waals surface area (Å²) in [7, 11) is 1.78. The lowest BCUT2D eigenvalue weighted by Crippen LogP contribution is -2.39. The Morgan fingerprint density at radius 1 is 1.14 bits per heavy atom. The van der Waals surface area contributed by atoms with Crippen LogP contribution in [0.4, 0.5) is 0 Å². The Morgan fingerprint density at radius 3 is 2.41 bits per heavy atom. The minimum atomic E-state index is 0.149. The van der Waals surface area contributed by atoms with Crippen molar-refractivity contribution < 1.29 is 9.53 Å². The van der Waals surface area contributed by atoms with Crippen LogP contribution in [-0.2, 0) is 11.3 Å². The van der Waals surface area contributed by atoms with Crippen LogP contribution in [0, 0.1) is 5.92 Å². The first-order valence-electron chi connectivity index (χ1n) is 11.0. The van der Waals surface area contributed by atoms with E-state index in [2.05, 4.69) is 29.5 Å². The fourth-order valence-electron chi connectivity index (χ4n) is 3.61. The summed E-state index contributed by atoms with van der Waals surface area (Å²) in [5, 5.41) is 6.69. The van der Waals surface area contributed by atoms with E-state index in [0.29, 0.717) is 12.5 Å². The van der Waals surface area contributed by atoms with Gasteiger partial charge in [-0.1, -0.05) is 26.0 Å². The zero-order chi connectivity index (χ0) is 21.1. The van der Waals surface area contributed by atoms with Crippen LogP contribution in [0.25, 0.3) is 0 Å². The molecule has 0 aliphatic carbocycles. The number of piperidine rings is 1. The fraction of sp³-hybridized carbons (Fsp3) is 0.652. The number of amides is 1. The summed E-state index contributed by atoms with van der Waals surface area (Å²) < 4.78 is 5.79. The third-order valence-corrected chi connectivity index (χ3v) is 5.37. The zero-order valence-electron chi connectivity index (χ0n) is 18.5. The van der Waals surface area contributed by atoms with E-state index in [4.69, 9.17) is 4.74 Å². The number of guanidine groups is 1. The first-order valence-corrected chi connectivity index (χ1v) is 11.0. The normalized spacial score (nSPS) is 16.0. The predicted molar refractivity (Wildman–Crippen MR) is 119 cm³/mol. The van der Waals surface area contributed by atoms with Gasteiger partial charge in [-0.05, 0) is 56.2 Å². The molecule has 1 heterocycles. The number of nitrogens with one attached hydrogen (secondary N) is 2. The quantitative estimate of drug-likeness (QED) is 0.491. The number of likely N-dealkylation sites (tertiary alicyclic amines) is 1. The number of aliphatic imine (C=N–C) groups is 1. The molecule has 1 fully saturated rings. The molecule has 6 nitrogen and oxygen atoms in total. The first-order chi connectivity index (χ1) is 14.0. The molecule has 29 heavy (non-hydrogen) atoms. The molecular formula is C23H38N4O2. The average molecular weight is 403 g/mol. The Bertz CT molecular complexity index is 637. The van der Waals surface area contributed by atoms with E-state index in [-0.39, 0.29) is 12.0 Å². The highest BCUT2D eigenvalue weighted by Crippen LogP contribution is 2.14. The molecule has 2 rings (SSSR count). The number of hydrogen-bond acceptors (Lipinski definition) is 3. The van der Waals surface area contributed by atoms with Gasteiger partial charge >= 0.3 is 0 Å². The number of nitrogens with zero attached hydrogens (tertiary/aromatic N) is 2. The van der Waals surface area contributed by atoms with Crippen molar-refractivity contribution in [1.82, 2.24) is 15.5 Å². The van der Waals surface area contributed by atoms with Crippen LogP contribution in [0.2, 0.25) is 0 Å². The van der Waals surface area contributed by atoms with E-state index in [1.807, 2.05) is 36.1 Å². The van der Waals surface area contributed by atoms with Crippen molar-refractivity contribution in [1.29, 1.82) is 0 Å². The summed E-state index contributed by atoms with van der Waals surface area (Å²) in [4.78, 5) is 18.8. The number of benzene rings is 1. The van der Waals surface area contributed by atoms with Crippen molar-refractivity contribution in [3.63, 3.8) is 0 Å². The molecule has 1 saturated heterocycles. The SMILES string of the molecule is CCOC(CCNC(=NC)NCc1ccc(C(=O)N2CCCCC2)cc1)C(C)C. The standard InChI is InChI=1S/C23H38N4O2/c1-5-29-21(18(2)3)13-14-25-23(24-4)26-17-19-9-11-20(12-10-19)22(28)27-15-7-6-8-16-27/h9-12,18,21H,5-8,13-17H2,1-4H3,(H2,24,25,26). The summed E-state index contributed by atoms with van der Waals surface area (Å²) in [5.41, 5.74) is 1.89. The Morgan fingerprint density at radius 2 is 1.83 bits per heavy atom. The Balaban J connectivity index is 1.78. The maximum Gasteiger partial charge on any atom is 0.253 e. The molecule has 0 saturated carbocycles. The minimum Gasteiger partial charge on any atom is -0.378 e. The van der Waals surface area contributed by atoms with E-state index in [1.165, 1.54) is 6.42 Å². The maximum absolute atomic E-state index is 12.6. The topological polar surface area (TPSA) is 66.0 Å². The van der Waals surface area contributed by atoms with Crippen molar-refractivity contribution in [3.05, 3.63) is 35.4 Å². The average Bonchev–Trinajstić information content (AvgIpc) is 2.75. The van der Waals surface area contributed by atoms with Crippen molar-refractivity contribution in [2.45, 2.75) is 59.1 Å². The molecule has 1 amide bonds. The van der Waals surface area contributed by atoms with Crippen LogP contribution in [-0.4, -0.2) is 56.2 Å². The van der Waals surface area contributed by atoms with Gasteiger partial charge in [0.1, 0.15) is 0 Å². The highest BCUT2D eigenvalue weighted by atomic mass is 16.5. The maximum atomic E-state index is 12.6. The summed E-state index contributed by atoms with van der Waals surface area (Å²) >= 11 is 0. The number of carbonyl (C=O) groups is 1. The van der Waals surface area contributed by atoms with Gasteiger partial charge in [-0.15, -0.1) is 0 Å². The molecule has 1 aromatic carbocycles. The third kappa shape index (κ3) is 7.69. The number of ether oxygens (including phenoxy) is 1. The van der Waals surface area contributed by atoms with Gasteiger partial charge < -0.3 is 20.3 Å². The van der Waals surface area contributed by atoms with Gasteiger partial charge in [0.25, 0.3) is 5.91 Å².